The van der Waals surface area contributed by atoms with Gasteiger partial charge in [0, 0.05) is 29.2 Å². The van der Waals surface area contributed by atoms with E-state index in [1.165, 1.54) is 17.8 Å². The summed E-state index contributed by atoms with van der Waals surface area (Å²) < 4.78 is 27.5. The minimum absolute atomic E-state index is 0.0800. The maximum Gasteiger partial charge on any atom is 0.257 e. The van der Waals surface area contributed by atoms with Crippen LogP contribution in [0.4, 0.5) is 14.6 Å². The molecule has 4 rings (SSSR count). The fourth-order valence-corrected chi connectivity index (χ4v) is 4.14. The Bertz CT molecular complexity index is 1150. The van der Waals surface area contributed by atoms with E-state index in [-0.39, 0.29) is 23.4 Å². The quantitative estimate of drug-likeness (QED) is 0.470. The van der Waals surface area contributed by atoms with Gasteiger partial charge in [0.15, 0.2) is 5.16 Å². The zero-order chi connectivity index (χ0) is 20.5. The van der Waals surface area contributed by atoms with Gasteiger partial charge in [-0.2, -0.15) is 0 Å². The molecule has 0 spiro atoms. The number of aromatic amines is 1. The maximum absolute atomic E-state index is 14.3. The number of carbonyl (C=O) groups excluding carboxylic acids is 1. The molecule has 9 heteroatoms. The number of thioether (sulfide) groups is 1. The fraction of sp³-hybridized carbons (Fsp3) is 0.150. The van der Waals surface area contributed by atoms with Crippen LogP contribution in [-0.2, 0) is 10.5 Å². The number of carbonyl (C=O) groups is 1. The first-order valence-corrected chi connectivity index (χ1v) is 10.0. The van der Waals surface area contributed by atoms with Crippen molar-refractivity contribution in [3.05, 3.63) is 86.2 Å². The van der Waals surface area contributed by atoms with Gasteiger partial charge in [-0.3, -0.25) is 9.59 Å². The summed E-state index contributed by atoms with van der Waals surface area (Å²) in [6.07, 6.45) is -0.127. The summed E-state index contributed by atoms with van der Waals surface area (Å²) in [6, 6.07) is 10.3. The Kier molecular flexibility index (Phi) is 5.38. The number of nitrogens with one attached hydrogen (secondary N) is 2. The average molecular weight is 434 g/mol. The normalized spacial score (nSPS) is 15.7. The molecule has 2 aromatic carbocycles. The molecule has 148 valence electrons. The maximum atomic E-state index is 14.3. The number of benzene rings is 2. The largest absolute Gasteiger partial charge is 0.310 e. The number of hydrogen-bond donors (Lipinski definition) is 2. The summed E-state index contributed by atoms with van der Waals surface area (Å²) in [7, 11) is 0. The lowest BCUT2D eigenvalue weighted by molar-refractivity contribution is -0.116. The van der Waals surface area contributed by atoms with E-state index in [9.17, 15) is 18.4 Å². The van der Waals surface area contributed by atoms with Crippen LogP contribution in [0.3, 0.4) is 0 Å². The van der Waals surface area contributed by atoms with Crippen molar-refractivity contribution in [2.45, 2.75) is 23.2 Å². The number of aromatic nitrogens is 2. The Morgan fingerprint density at radius 3 is 2.62 bits per heavy atom. The highest BCUT2D eigenvalue weighted by atomic mass is 35.5. The molecule has 0 saturated carbocycles. The van der Waals surface area contributed by atoms with E-state index in [0.29, 0.717) is 15.9 Å². The van der Waals surface area contributed by atoms with Crippen LogP contribution in [0.1, 0.15) is 29.0 Å². The van der Waals surface area contributed by atoms with Gasteiger partial charge in [-0.05, 0) is 29.3 Å². The summed E-state index contributed by atoms with van der Waals surface area (Å²) >= 11 is 7.16. The second-order valence-corrected chi connectivity index (χ2v) is 7.92. The van der Waals surface area contributed by atoms with Gasteiger partial charge >= 0.3 is 0 Å². The molecule has 2 N–H and O–H groups in total. The highest BCUT2D eigenvalue weighted by Gasteiger charge is 2.32. The van der Waals surface area contributed by atoms with Crippen LogP contribution in [-0.4, -0.2) is 15.9 Å². The topological polar surface area (TPSA) is 74.8 Å². The Labute approximate surface area is 173 Å². The SMILES string of the molecule is O=C1C[C@H](c2ccc(F)cc2F)c2c(nc(SCc3ccc(Cl)cc3)[nH]c2=O)N1. The molecular formula is C20H14ClF2N3O2S. The molecule has 1 aliphatic rings. The van der Waals surface area contributed by atoms with Crippen molar-refractivity contribution in [2.75, 3.05) is 5.32 Å². The summed E-state index contributed by atoms with van der Waals surface area (Å²) in [5.41, 5.74) is 0.750. The van der Waals surface area contributed by atoms with Crippen molar-refractivity contribution in [3.63, 3.8) is 0 Å². The molecular weight excluding hydrogens is 420 g/mol. The molecule has 0 unspecified atom stereocenters. The van der Waals surface area contributed by atoms with E-state index >= 15 is 0 Å². The Morgan fingerprint density at radius 2 is 1.90 bits per heavy atom. The van der Waals surface area contributed by atoms with Crippen LogP contribution < -0.4 is 10.9 Å². The molecule has 0 saturated heterocycles. The lowest BCUT2D eigenvalue weighted by atomic mass is 9.86. The molecule has 0 fully saturated rings. The Balaban J connectivity index is 1.66. The number of H-pyrrole nitrogens is 1. The first-order chi connectivity index (χ1) is 13.9. The van der Waals surface area contributed by atoms with Crippen LogP contribution in [0, 0.1) is 11.6 Å². The number of rotatable bonds is 4. The zero-order valence-corrected chi connectivity index (χ0v) is 16.4. The Hall–Kier alpha value is -2.71. The van der Waals surface area contributed by atoms with E-state index in [1.54, 1.807) is 12.1 Å². The predicted octanol–water partition coefficient (Wildman–Crippen LogP) is 4.47. The van der Waals surface area contributed by atoms with E-state index < -0.39 is 29.0 Å². The predicted molar refractivity (Wildman–Crippen MR) is 107 cm³/mol. The summed E-state index contributed by atoms with van der Waals surface area (Å²) in [6.45, 7) is 0. The van der Waals surface area contributed by atoms with Crippen LogP contribution in [0.15, 0.2) is 52.4 Å². The average Bonchev–Trinajstić information content (AvgIpc) is 2.66. The van der Waals surface area contributed by atoms with Crippen molar-refractivity contribution in [3.8, 4) is 0 Å². The highest BCUT2D eigenvalue weighted by molar-refractivity contribution is 7.98. The van der Waals surface area contributed by atoms with Gasteiger partial charge in [-0.1, -0.05) is 41.6 Å². The number of halogens is 3. The van der Waals surface area contributed by atoms with Crippen molar-refractivity contribution in [1.82, 2.24) is 9.97 Å². The summed E-state index contributed by atoms with van der Waals surface area (Å²) in [4.78, 5) is 31.9. The van der Waals surface area contributed by atoms with Crippen LogP contribution in [0.25, 0.3) is 0 Å². The minimum atomic E-state index is -0.842. The molecule has 29 heavy (non-hydrogen) atoms. The molecule has 3 aromatic rings. The van der Waals surface area contributed by atoms with Gasteiger partial charge in [0.05, 0.1) is 5.56 Å². The third-order valence-electron chi connectivity index (χ3n) is 4.56. The molecule has 5 nitrogen and oxygen atoms in total. The summed E-state index contributed by atoms with van der Waals surface area (Å²) in [5.74, 6) is -2.15. The third-order valence-corrected chi connectivity index (χ3v) is 5.75. The van der Waals surface area contributed by atoms with Crippen molar-refractivity contribution in [2.24, 2.45) is 0 Å². The van der Waals surface area contributed by atoms with E-state index in [1.807, 2.05) is 12.1 Å². The number of anilines is 1. The smallest absolute Gasteiger partial charge is 0.257 e. The van der Waals surface area contributed by atoms with Gasteiger partial charge in [0.2, 0.25) is 5.91 Å². The standard InChI is InChI=1S/C20H14ClF2N3O2S/c21-11-3-1-10(2-4-11)9-29-20-25-18-17(19(28)26-20)14(8-16(27)24-18)13-6-5-12(22)7-15(13)23/h1-7,14H,8-9H2,(H2,24,25,26,27,28)/t14-/m1/s1. The van der Waals surface area contributed by atoms with E-state index in [0.717, 1.165) is 17.7 Å². The molecule has 1 aliphatic heterocycles. The fourth-order valence-electron chi connectivity index (χ4n) is 3.20. The second kappa shape index (κ2) is 7.96. The number of amides is 1. The molecule has 0 aliphatic carbocycles. The van der Waals surface area contributed by atoms with Gasteiger partial charge in [-0.15, -0.1) is 0 Å². The molecule has 1 atom stereocenters. The van der Waals surface area contributed by atoms with E-state index in [2.05, 4.69) is 15.3 Å². The van der Waals surface area contributed by atoms with Gasteiger partial charge in [0.25, 0.3) is 5.56 Å². The van der Waals surface area contributed by atoms with Crippen LogP contribution in [0.2, 0.25) is 5.02 Å². The first kappa shape index (κ1) is 19.6. The summed E-state index contributed by atoms with van der Waals surface area (Å²) in [5, 5.41) is 3.53. The lowest BCUT2D eigenvalue weighted by Crippen LogP contribution is -2.31. The molecule has 2 heterocycles. The molecule has 0 bridgehead atoms. The van der Waals surface area contributed by atoms with Crippen LogP contribution in [0.5, 0.6) is 0 Å². The Morgan fingerprint density at radius 1 is 1.14 bits per heavy atom. The van der Waals surface area contributed by atoms with Crippen molar-refractivity contribution < 1.29 is 13.6 Å². The minimum Gasteiger partial charge on any atom is -0.310 e. The van der Waals surface area contributed by atoms with Crippen molar-refractivity contribution >= 4 is 35.1 Å². The van der Waals surface area contributed by atoms with Gasteiger partial charge < -0.3 is 10.3 Å². The second-order valence-electron chi connectivity index (χ2n) is 6.52. The highest BCUT2D eigenvalue weighted by Crippen LogP contribution is 2.36. The molecule has 1 aromatic heterocycles. The van der Waals surface area contributed by atoms with E-state index in [4.69, 9.17) is 11.6 Å². The first-order valence-electron chi connectivity index (χ1n) is 8.67. The number of nitrogens with zero attached hydrogens (tertiary/aromatic N) is 1. The lowest BCUT2D eigenvalue weighted by Gasteiger charge is -2.24. The monoisotopic (exact) mass is 433 g/mol. The number of fused-ring (bicyclic) bond motifs is 1. The zero-order valence-electron chi connectivity index (χ0n) is 14.8. The van der Waals surface area contributed by atoms with Gasteiger partial charge in [0.1, 0.15) is 17.5 Å². The van der Waals surface area contributed by atoms with Crippen LogP contribution >= 0.6 is 23.4 Å². The van der Waals surface area contributed by atoms with Crippen molar-refractivity contribution in [1.29, 1.82) is 0 Å². The molecule has 1 amide bonds. The number of hydrogen-bond acceptors (Lipinski definition) is 4. The molecule has 0 radical (unpaired) electrons. The van der Waals surface area contributed by atoms with Gasteiger partial charge in [-0.25, -0.2) is 13.8 Å². The third kappa shape index (κ3) is 4.18.